The quantitative estimate of drug-likeness (QED) is 0.850. The van der Waals surface area contributed by atoms with Crippen LogP contribution >= 0.6 is 23.4 Å². The molecule has 98 valence electrons. The maximum Gasteiger partial charge on any atom is 0.255 e. The lowest BCUT2D eigenvalue weighted by molar-refractivity contribution is 0.0546. The van der Waals surface area contributed by atoms with Crippen molar-refractivity contribution in [2.45, 2.75) is 23.8 Å². The summed E-state index contributed by atoms with van der Waals surface area (Å²) in [4.78, 5) is 15.1. The second-order valence-corrected chi connectivity index (χ2v) is 5.66. The second-order valence-electron chi connectivity index (χ2n) is 4.37. The number of likely N-dealkylation sites (tertiary alicyclic amines) is 1. The molecule has 3 nitrogen and oxygen atoms in total. The van der Waals surface area contributed by atoms with Gasteiger partial charge in [-0.25, -0.2) is 0 Å². The summed E-state index contributed by atoms with van der Waals surface area (Å²) in [6, 6.07) is 5.50. The van der Waals surface area contributed by atoms with Gasteiger partial charge in [0.05, 0.1) is 16.7 Å². The number of piperidine rings is 1. The average molecular weight is 286 g/mol. The van der Waals surface area contributed by atoms with E-state index in [4.69, 9.17) is 11.6 Å². The van der Waals surface area contributed by atoms with Gasteiger partial charge in [-0.05, 0) is 37.3 Å². The highest BCUT2D eigenvalue weighted by molar-refractivity contribution is 7.98. The van der Waals surface area contributed by atoms with Crippen molar-refractivity contribution in [1.82, 2.24) is 4.90 Å². The first-order valence-corrected chi connectivity index (χ1v) is 7.53. The SMILES string of the molecule is CSc1ccc(Cl)c(C(=O)N2CCC(O)CC2)c1. The number of halogens is 1. The Balaban J connectivity index is 2.17. The maximum atomic E-state index is 12.3. The number of benzene rings is 1. The number of aliphatic hydroxyl groups is 1. The summed E-state index contributed by atoms with van der Waals surface area (Å²) in [5.74, 6) is -0.0391. The highest BCUT2D eigenvalue weighted by atomic mass is 35.5. The Morgan fingerprint density at radius 2 is 2.11 bits per heavy atom. The number of hydrogen-bond donors (Lipinski definition) is 1. The van der Waals surface area contributed by atoms with Crippen molar-refractivity contribution < 1.29 is 9.90 Å². The van der Waals surface area contributed by atoms with Gasteiger partial charge in [0.2, 0.25) is 0 Å². The van der Waals surface area contributed by atoms with Crippen LogP contribution in [0.3, 0.4) is 0 Å². The summed E-state index contributed by atoms with van der Waals surface area (Å²) in [5, 5.41) is 9.94. The van der Waals surface area contributed by atoms with Gasteiger partial charge in [-0.2, -0.15) is 0 Å². The van der Waals surface area contributed by atoms with Crippen LogP contribution in [0.4, 0.5) is 0 Å². The summed E-state index contributed by atoms with van der Waals surface area (Å²) < 4.78 is 0. The molecule has 1 N–H and O–H groups in total. The Kier molecular flexibility index (Phi) is 4.54. The van der Waals surface area contributed by atoms with E-state index in [0.29, 0.717) is 36.5 Å². The van der Waals surface area contributed by atoms with Crippen molar-refractivity contribution in [3.05, 3.63) is 28.8 Å². The zero-order chi connectivity index (χ0) is 13.1. The molecule has 5 heteroatoms. The number of carbonyl (C=O) groups excluding carboxylic acids is 1. The zero-order valence-corrected chi connectivity index (χ0v) is 11.8. The number of nitrogens with zero attached hydrogens (tertiary/aromatic N) is 1. The summed E-state index contributed by atoms with van der Waals surface area (Å²) in [6.45, 7) is 1.19. The first-order valence-electron chi connectivity index (χ1n) is 5.92. The largest absolute Gasteiger partial charge is 0.393 e. The van der Waals surface area contributed by atoms with E-state index < -0.39 is 0 Å². The molecule has 0 unspecified atom stereocenters. The van der Waals surface area contributed by atoms with Gasteiger partial charge in [0.25, 0.3) is 5.91 Å². The molecule has 1 aromatic carbocycles. The molecule has 1 fully saturated rings. The van der Waals surface area contributed by atoms with Gasteiger partial charge < -0.3 is 10.0 Å². The van der Waals surface area contributed by atoms with E-state index in [1.807, 2.05) is 18.4 Å². The number of hydrogen-bond acceptors (Lipinski definition) is 3. The molecule has 0 radical (unpaired) electrons. The van der Waals surface area contributed by atoms with Gasteiger partial charge in [-0.15, -0.1) is 11.8 Å². The standard InChI is InChI=1S/C13H16ClNO2S/c1-18-10-2-3-12(14)11(8-10)13(17)15-6-4-9(16)5-7-15/h2-3,8-9,16H,4-7H2,1H3. The van der Waals surface area contributed by atoms with Gasteiger partial charge in [0.15, 0.2) is 0 Å². The molecule has 0 spiro atoms. The topological polar surface area (TPSA) is 40.5 Å². The molecule has 0 saturated carbocycles. The summed E-state index contributed by atoms with van der Waals surface area (Å²) in [6.07, 6.45) is 2.98. The molecule has 1 saturated heterocycles. The predicted molar refractivity (Wildman–Crippen MR) is 74.4 cm³/mol. The van der Waals surface area contributed by atoms with E-state index in [2.05, 4.69) is 0 Å². The van der Waals surface area contributed by atoms with E-state index in [-0.39, 0.29) is 12.0 Å². The third kappa shape index (κ3) is 2.99. The van der Waals surface area contributed by atoms with Gasteiger partial charge in [-0.3, -0.25) is 4.79 Å². The smallest absolute Gasteiger partial charge is 0.255 e. The number of rotatable bonds is 2. The molecule has 18 heavy (non-hydrogen) atoms. The molecule has 2 rings (SSSR count). The van der Waals surface area contributed by atoms with Crippen LogP contribution in [0, 0.1) is 0 Å². The first kappa shape index (κ1) is 13.7. The Hall–Kier alpha value is -0.710. The van der Waals surface area contributed by atoms with Crippen LogP contribution in [0.2, 0.25) is 5.02 Å². The third-order valence-corrected chi connectivity index (χ3v) is 4.21. The predicted octanol–water partition coefficient (Wildman–Crippen LogP) is 2.66. The zero-order valence-electron chi connectivity index (χ0n) is 10.2. The Bertz CT molecular complexity index is 445. The fourth-order valence-electron chi connectivity index (χ4n) is 2.03. The molecular weight excluding hydrogens is 270 g/mol. The lowest BCUT2D eigenvalue weighted by atomic mass is 10.1. The highest BCUT2D eigenvalue weighted by Gasteiger charge is 2.23. The van der Waals surface area contributed by atoms with Crippen molar-refractivity contribution in [3.63, 3.8) is 0 Å². The van der Waals surface area contributed by atoms with E-state index >= 15 is 0 Å². The van der Waals surface area contributed by atoms with Gasteiger partial charge in [0.1, 0.15) is 0 Å². The Labute approximate surface area is 116 Å². The van der Waals surface area contributed by atoms with E-state index in [0.717, 1.165) is 4.90 Å². The van der Waals surface area contributed by atoms with Crippen molar-refractivity contribution in [3.8, 4) is 0 Å². The minimum atomic E-state index is -0.276. The minimum absolute atomic E-state index is 0.0391. The molecule has 1 amide bonds. The lowest BCUT2D eigenvalue weighted by Gasteiger charge is -2.30. The number of thioether (sulfide) groups is 1. The Morgan fingerprint density at radius 1 is 1.44 bits per heavy atom. The number of aliphatic hydroxyl groups excluding tert-OH is 1. The van der Waals surface area contributed by atoms with Crippen LogP contribution in [0.5, 0.6) is 0 Å². The molecule has 1 aliphatic heterocycles. The fraction of sp³-hybridized carbons (Fsp3) is 0.462. The second kappa shape index (κ2) is 5.95. The maximum absolute atomic E-state index is 12.3. The average Bonchev–Trinajstić information content (AvgIpc) is 2.39. The minimum Gasteiger partial charge on any atom is -0.393 e. The van der Waals surface area contributed by atoms with Crippen LogP contribution in [0.15, 0.2) is 23.1 Å². The summed E-state index contributed by atoms with van der Waals surface area (Å²) in [7, 11) is 0. The fourth-order valence-corrected chi connectivity index (χ4v) is 2.67. The van der Waals surface area contributed by atoms with Gasteiger partial charge in [0, 0.05) is 18.0 Å². The van der Waals surface area contributed by atoms with Crippen LogP contribution in [-0.4, -0.2) is 41.4 Å². The van der Waals surface area contributed by atoms with Crippen LogP contribution in [0.25, 0.3) is 0 Å². The molecule has 0 aliphatic carbocycles. The van der Waals surface area contributed by atoms with Gasteiger partial charge >= 0.3 is 0 Å². The first-order chi connectivity index (χ1) is 8.61. The molecule has 0 atom stereocenters. The summed E-state index contributed by atoms with van der Waals surface area (Å²) >= 11 is 7.68. The molecule has 1 aromatic rings. The number of amides is 1. The van der Waals surface area contributed by atoms with E-state index in [9.17, 15) is 9.90 Å². The molecular formula is C13H16ClNO2S. The van der Waals surface area contributed by atoms with Crippen molar-refractivity contribution >= 4 is 29.3 Å². The number of carbonyl (C=O) groups is 1. The monoisotopic (exact) mass is 285 g/mol. The lowest BCUT2D eigenvalue weighted by Crippen LogP contribution is -2.40. The summed E-state index contributed by atoms with van der Waals surface area (Å²) in [5.41, 5.74) is 0.555. The van der Waals surface area contributed by atoms with Crippen molar-refractivity contribution in [1.29, 1.82) is 0 Å². The van der Waals surface area contributed by atoms with Crippen LogP contribution in [-0.2, 0) is 0 Å². The Morgan fingerprint density at radius 3 is 2.72 bits per heavy atom. The van der Waals surface area contributed by atoms with E-state index in [1.165, 1.54) is 0 Å². The van der Waals surface area contributed by atoms with Gasteiger partial charge in [-0.1, -0.05) is 11.6 Å². The molecule has 1 heterocycles. The normalized spacial score (nSPS) is 16.9. The van der Waals surface area contributed by atoms with Crippen LogP contribution in [0.1, 0.15) is 23.2 Å². The third-order valence-electron chi connectivity index (χ3n) is 3.16. The molecule has 1 aliphatic rings. The van der Waals surface area contributed by atoms with Crippen molar-refractivity contribution in [2.24, 2.45) is 0 Å². The van der Waals surface area contributed by atoms with E-state index in [1.54, 1.807) is 22.7 Å². The highest BCUT2D eigenvalue weighted by Crippen LogP contribution is 2.25. The van der Waals surface area contributed by atoms with Crippen LogP contribution < -0.4 is 0 Å². The van der Waals surface area contributed by atoms with Crippen molar-refractivity contribution in [2.75, 3.05) is 19.3 Å². The molecule has 0 bridgehead atoms. The molecule has 0 aromatic heterocycles.